The van der Waals surface area contributed by atoms with Crippen molar-refractivity contribution in [2.45, 2.75) is 6.92 Å². The van der Waals surface area contributed by atoms with Crippen molar-refractivity contribution in [3.8, 4) is 17.0 Å². The van der Waals surface area contributed by atoms with E-state index in [1.165, 1.54) is 6.20 Å². The average molecular weight is 216 g/mol. The molecule has 4 nitrogen and oxygen atoms in total. The SMILES string of the molecule is COc1ccc(-c2[nH]ncc2C=O)cc1C. The maximum Gasteiger partial charge on any atom is 0.153 e. The molecule has 0 aliphatic rings. The van der Waals surface area contributed by atoms with E-state index in [4.69, 9.17) is 4.74 Å². The molecule has 1 N–H and O–H groups in total. The molecular formula is C12H12N2O2. The number of ether oxygens (including phenoxy) is 1. The lowest BCUT2D eigenvalue weighted by atomic mass is 10.1. The Kier molecular flexibility index (Phi) is 2.72. The van der Waals surface area contributed by atoms with Gasteiger partial charge in [0.1, 0.15) is 5.75 Å². The van der Waals surface area contributed by atoms with Crippen molar-refractivity contribution in [1.29, 1.82) is 0 Å². The minimum absolute atomic E-state index is 0.560. The number of nitrogens with zero attached hydrogens (tertiary/aromatic N) is 1. The van der Waals surface area contributed by atoms with Gasteiger partial charge in [-0.3, -0.25) is 9.89 Å². The van der Waals surface area contributed by atoms with Crippen molar-refractivity contribution in [2.24, 2.45) is 0 Å². The molecule has 0 aliphatic heterocycles. The van der Waals surface area contributed by atoms with Crippen molar-refractivity contribution >= 4 is 6.29 Å². The van der Waals surface area contributed by atoms with E-state index in [-0.39, 0.29) is 0 Å². The molecule has 0 fully saturated rings. The molecule has 1 heterocycles. The fraction of sp³-hybridized carbons (Fsp3) is 0.167. The summed E-state index contributed by atoms with van der Waals surface area (Å²) in [6.07, 6.45) is 2.31. The molecule has 0 amide bonds. The molecule has 4 heteroatoms. The van der Waals surface area contributed by atoms with Crippen molar-refractivity contribution < 1.29 is 9.53 Å². The molecule has 0 atom stereocenters. The van der Waals surface area contributed by atoms with Crippen LogP contribution in [0.5, 0.6) is 5.75 Å². The van der Waals surface area contributed by atoms with Gasteiger partial charge < -0.3 is 4.74 Å². The van der Waals surface area contributed by atoms with Gasteiger partial charge in [-0.15, -0.1) is 0 Å². The summed E-state index contributed by atoms with van der Waals surface area (Å²) in [7, 11) is 1.63. The smallest absolute Gasteiger partial charge is 0.153 e. The third-order valence-corrected chi connectivity index (χ3v) is 2.48. The molecule has 1 aromatic heterocycles. The van der Waals surface area contributed by atoms with Crippen LogP contribution in [0.25, 0.3) is 11.3 Å². The lowest BCUT2D eigenvalue weighted by Crippen LogP contribution is -1.89. The van der Waals surface area contributed by atoms with Crippen LogP contribution < -0.4 is 4.74 Å². The molecule has 2 rings (SSSR count). The number of aldehydes is 1. The van der Waals surface area contributed by atoms with Gasteiger partial charge in [0, 0.05) is 5.56 Å². The summed E-state index contributed by atoms with van der Waals surface area (Å²) in [6.45, 7) is 1.96. The number of aromatic amines is 1. The predicted octanol–water partition coefficient (Wildman–Crippen LogP) is 2.21. The molecule has 82 valence electrons. The van der Waals surface area contributed by atoms with Crippen LogP contribution >= 0.6 is 0 Å². The van der Waals surface area contributed by atoms with Crippen LogP contribution in [-0.4, -0.2) is 23.6 Å². The number of benzene rings is 1. The first kappa shape index (κ1) is 10.4. The molecular weight excluding hydrogens is 204 g/mol. The number of aryl methyl sites for hydroxylation is 1. The zero-order valence-corrected chi connectivity index (χ0v) is 9.15. The number of hydrogen-bond acceptors (Lipinski definition) is 3. The van der Waals surface area contributed by atoms with Gasteiger partial charge in [0.25, 0.3) is 0 Å². The standard InChI is InChI=1S/C12H12N2O2/c1-8-5-9(3-4-11(8)16-2)12-10(7-15)6-13-14-12/h3-7H,1-2H3,(H,13,14). The number of carbonyl (C=O) groups excluding carboxylic acids is 1. The number of methoxy groups -OCH3 is 1. The van der Waals surface area contributed by atoms with Gasteiger partial charge in [0.05, 0.1) is 24.6 Å². The Morgan fingerprint density at radius 2 is 2.25 bits per heavy atom. The highest BCUT2D eigenvalue weighted by Gasteiger charge is 2.08. The van der Waals surface area contributed by atoms with Gasteiger partial charge in [-0.1, -0.05) is 0 Å². The highest BCUT2D eigenvalue weighted by Crippen LogP contribution is 2.26. The minimum atomic E-state index is 0.560. The van der Waals surface area contributed by atoms with Crippen LogP contribution in [0.1, 0.15) is 15.9 Å². The summed E-state index contributed by atoms with van der Waals surface area (Å²) < 4.78 is 5.18. The molecule has 0 saturated heterocycles. The summed E-state index contributed by atoms with van der Waals surface area (Å²) in [5.74, 6) is 0.830. The summed E-state index contributed by atoms with van der Waals surface area (Å²) in [6, 6.07) is 5.73. The van der Waals surface area contributed by atoms with Gasteiger partial charge in [0.15, 0.2) is 6.29 Å². The van der Waals surface area contributed by atoms with Gasteiger partial charge in [-0.05, 0) is 30.7 Å². The second kappa shape index (κ2) is 4.18. The van der Waals surface area contributed by atoms with Gasteiger partial charge in [-0.2, -0.15) is 5.10 Å². The second-order valence-electron chi connectivity index (χ2n) is 3.50. The molecule has 0 radical (unpaired) electrons. The Bertz CT molecular complexity index is 517. The number of nitrogens with one attached hydrogen (secondary N) is 1. The Morgan fingerprint density at radius 3 is 2.88 bits per heavy atom. The Hall–Kier alpha value is -2.10. The molecule has 16 heavy (non-hydrogen) atoms. The van der Waals surface area contributed by atoms with Crippen molar-refractivity contribution in [1.82, 2.24) is 10.2 Å². The molecule has 0 unspecified atom stereocenters. The zero-order chi connectivity index (χ0) is 11.5. The van der Waals surface area contributed by atoms with E-state index in [1.807, 2.05) is 25.1 Å². The van der Waals surface area contributed by atoms with Gasteiger partial charge in [0.2, 0.25) is 0 Å². The molecule has 0 saturated carbocycles. The maximum absolute atomic E-state index is 10.8. The summed E-state index contributed by atoms with van der Waals surface area (Å²) >= 11 is 0. The first-order valence-electron chi connectivity index (χ1n) is 4.90. The normalized spacial score (nSPS) is 10.1. The number of rotatable bonds is 3. The van der Waals surface area contributed by atoms with E-state index < -0.39 is 0 Å². The predicted molar refractivity (Wildman–Crippen MR) is 60.7 cm³/mol. The molecule has 1 aromatic carbocycles. The van der Waals surface area contributed by atoms with Crippen molar-refractivity contribution in [3.05, 3.63) is 35.5 Å². The average Bonchev–Trinajstić information content (AvgIpc) is 2.77. The summed E-state index contributed by atoms with van der Waals surface area (Å²) in [4.78, 5) is 10.8. The molecule has 0 aliphatic carbocycles. The Labute approximate surface area is 93.3 Å². The lowest BCUT2D eigenvalue weighted by Gasteiger charge is -2.06. The third kappa shape index (κ3) is 1.69. The molecule has 2 aromatic rings. The molecule has 0 spiro atoms. The maximum atomic E-state index is 10.8. The van der Waals surface area contributed by atoms with E-state index in [0.717, 1.165) is 28.9 Å². The van der Waals surface area contributed by atoms with Crippen LogP contribution in [0.3, 0.4) is 0 Å². The lowest BCUT2D eigenvalue weighted by molar-refractivity contribution is 0.112. The van der Waals surface area contributed by atoms with Gasteiger partial charge >= 0.3 is 0 Å². The Morgan fingerprint density at radius 1 is 1.44 bits per heavy atom. The first-order valence-corrected chi connectivity index (χ1v) is 4.90. The Balaban J connectivity index is 2.49. The summed E-state index contributed by atoms with van der Waals surface area (Å²) in [5.41, 5.74) is 3.25. The van der Waals surface area contributed by atoms with Crippen LogP contribution in [0.15, 0.2) is 24.4 Å². The summed E-state index contributed by atoms with van der Waals surface area (Å²) in [5, 5.41) is 6.67. The van der Waals surface area contributed by atoms with E-state index in [1.54, 1.807) is 7.11 Å². The second-order valence-corrected chi connectivity index (χ2v) is 3.50. The van der Waals surface area contributed by atoms with E-state index in [9.17, 15) is 4.79 Å². The fourth-order valence-electron chi connectivity index (χ4n) is 1.65. The largest absolute Gasteiger partial charge is 0.496 e. The minimum Gasteiger partial charge on any atom is -0.496 e. The monoisotopic (exact) mass is 216 g/mol. The number of H-pyrrole nitrogens is 1. The van der Waals surface area contributed by atoms with Crippen LogP contribution in [-0.2, 0) is 0 Å². The zero-order valence-electron chi connectivity index (χ0n) is 9.15. The van der Waals surface area contributed by atoms with Crippen molar-refractivity contribution in [3.63, 3.8) is 0 Å². The number of aromatic nitrogens is 2. The third-order valence-electron chi connectivity index (χ3n) is 2.48. The van der Waals surface area contributed by atoms with Crippen molar-refractivity contribution in [2.75, 3.05) is 7.11 Å². The number of hydrogen-bond donors (Lipinski definition) is 1. The number of carbonyl (C=O) groups is 1. The van der Waals surface area contributed by atoms with E-state index >= 15 is 0 Å². The quantitative estimate of drug-likeness (QED) is 0.800. The van der Waals surface area contributed by atoms with Crippen LogP contribution in [0.4, 0.5) is 0 Å². The van der Waals surface area contributed by atoms with E-state index in [2.05, 4.69) is 10.2 Å². The fourth-order valence-corrected chi connectivity index (χ4v) is 1.65. The first-order chi connectivity index (χ1) is 7.76. The van der Waals surface area contributed by atoms with Crippen LogP contribution in [0, 0.1) is 6.92 Å². The highest BCUT2D eigenvalue weighted by atomic mass is 16.5. The highest BCUT2D eigenvalue weighted by molar-refractivity contribution is 5.85. The van der Waals surface area contributed by atoms with E-state index in [0.29, 0.717) is 5.56 Å². The molecule has 0 bridgehead atoms. The van der Waals surface area contributed by atoms with Crippen LogP contribution in [0.2, 0.25) is 0 Å². The topological polar surface area (TPSA) is 55.0 Å². The van der Waals surface area contributed by atoms with Gasteiger partial charge in [-0.25, -0.2) is 0 Å².